The van der Waals surface area contributed by atoms with Crippen LogP contribution in [0.3, 0.4) is 0 Å². The summed E-state index contributed by atoms with van der Waals surface area (Å²) in [5.74, 6) is 0. The van der Waals surface area contributed by atoms with Crippen molar-refractivity contribution in [1.29, 1.82) is 0 Å². The van der Waals surface area contributed by atoms with Gasteiger partial charge in [-0.05, 0) is 0 Å². The van der Waals surface area contributed by atoms with Crippen LogP contribution in [0.15, 0.2) is 60.7 Å². The average molecular weight is 421 g/mol. The third-order valence-electron chi connectivity index (χ3n) is 4.65. The Morgan fingerprint density at radius 3 is 2.38 bits per heavy atom. The van der Waals surface area contributed by atoms with Gasteiger partial charge in [-0.2, -0.15) is 0 Å². The summed E-state index contributed by atoms with van der Waals surface area (Å²) in [7, 11) is 1.61. The van der Waals surface area contributed by atoms with Gasteiger partial charge >= 0.3 is 159 Å². The van der Waals surface area contributed by atoms with Gasteiger partial charge in [0.25, 0.3) is 0 Å². The summed E-state index contributed by atoms with van der Waals surface area (Å²) in [4.78, 5) is 0. The van der Waals surface area contributed by atoms with E-state index in [-0.39, 0.29) is 32.2 Å². The van der Waals surface area contributed by atoms with E-state index in [2.05, 4.69) is 12.1 Å². The Morgan fingerprint density at radius 1 is 1.00 bits per heavy atom. The fourth-order valence-electron chi connectivity index (χ4n) is 3.34. The molecule has 26 heavy (non-hydrogen) atoms. The molecule has 6 atom stereocenters. The first-order valence-corrected chi connectivity index (χ1v) is 10.5. The summed E-state index contributed by atoms with van der Waals surface area (Å²) in [5, 5.41) is 10.5. The Morgan fingerprint density at radius 2 is 1.69 bits per heavy atom. The molecule has 2 aromatic carbocycles. The van der Waals surface area contributed by atoms with Crippen molar-refractivity contribution >= 4 is 19.4 Å². The van der Waals surface area contributed by atoms with E-state index in [1.165, 1.54) is 4.46 Å². The summed E-state index contributed by atoms with van der Waals surface area (Å²) in [6.07, 6.45) is -2.27. The monoisotopic (exact) mass is 422 g/mol. The molecule has 0 amide bonds. The Bertz CT molecular complexity index is 698. The van der Waals surface area contributed by atoms with E-state index < -0.39 is 18.5 Å². The zero-order valence-electron chi connectivity index (χ0n) is 14.4. The first-order valence-electron chi connectivity index (χ1n) is 8.66. The number of fused-ring (bicyclic) bond motifs is 1. The molecule has 0 radical (unpaired) electrons. The molecule has 2 aromatic rings. The second-order valence-electron chi connectivity index (χ2n) is 6.34. The van der Waals surface area contributed by atoms with Crippen molar-refractivity contribution in [3.63, 3.8) is 0 Å². The van der Waals surface area contributed by atoms with Gasteiger partial charge in [-0.1, -0.05) is 0 Å². The van der Waals surface area contributed by atoms with E-state index in [9.17, 15) is 5.11 Å². The predicted molar refractivity (Wildman–Crippen MR) is 97.3 cm³/mol. The molecule has 138 valence electrons. The molecule has 1 unspecified atom stereocenters. The fraction of sp³-hybridized carbons (Fsp3) is 0.400. The SMILES string of the molecule is CO[C@@H]1[C@@H](O)[C@H]([Se]c2ccccc2)O[C@@H]2COC(c3ccccc3)O[C@@H]12. The molecule has 2 aliphatic rings. The molecule has 1 N–H and O–H groups in total. The molecule has 0 aromatic heterocycles. The second-order valence-corrected chi connectivity index (χ2v) is 8.80. The Hall–Kier alpha value is -1.24. The zero-order chi connectivity index (χ0) is 17.9. The van der Waals surface area contributed by atoms with Crippen molar-refractivity contribution in [3.05, 3.63) is 66.2 Å². The van der Waals surface area contributed by atoms with Crippen molar-refractivity contribution in [2.45, 2.75) is 35.7 Å². The van der Waals surface area contributed by atoms with Crippen LogP contribution < -0.4 is 4.46 Å². The third kappa shape index (κ3) is 3.73. The maximum absolute atomic E-state index is 10.8. The maximum atomic E-state index is 10.8. The molecular formula is C20H22O5Se. The molecule has 0 saturated carbocycles. The standard InChI is InChI=1S/C20H22O5Se/c1-22-18-16(21)20(26-14-10-6-3-7-11-14)24-15-12-23-19(25-17(15)18)13-8-4-2-5-9-13/h2-11,15-21H,12H2,1H3/t15-,16-,17-,18-,19?,20+/m1/s1. The van der Waals surface area contributed by atoms with Crippen LogP contribution in [0.2, 0.25) is 0 Å². The molecule has 0 aliphatic carbocycles. The number of aliphatic hydroxyl groups is 1. The van der Waals surface area contributed by atoms with Gasteiger partial charge in [-0.25, -0.2) is 0 Å². The molecule has 2 aliphatic heterocycles. The van der Waals surface area contributed by atoms with Crippen LogP contribution >= 0.6 is 0 Å². The Balaban J connectivity index is 1.49. The van der Waals surface area contributed by atoms with Crippen LogP contribution in [0.25, 0.3) is 0 Å². The number of benzene rings is 2. The molecule has 5 nitrogen and oxygen atoms in total. The summed E-state index contributed by atoms with van der Waals surface area (Å²) in [5.41, 5.74) is 0.950. The van der Waals surface area contributed by atoms with Crippen molar-refractivity contribution in [3.8, 4) is 0 Å². The number of methoxy groups -OCH3 is 1. The van der Waals surface area contributed by atoms with Crippen LogP contribution in [0.5, 0.6) is 0 Å². The van der Waals surface area contributed by atoms with E-state index >= 15 is 0 Å². The average Bonchev–Trinajstić information content (AvgIpc) is 2.70. The van der Waals surface area contributed by atoms with Gasteiger partial charge in [0.1, 0.15) is 0 Å². The van der Waals surface area contributed by atoms with Gasteiger partial charge < -0.3 is 0 Å². The normalized spacial score (nSPS) is 34.2. The first kappa shape index (κ1) is 18.1. The Kier molecular flexibility index (Phi) is 5.72. The molecule has 0 spiro atoms. The molecule has 2 fully saturated rings. The summed E-state index contributed by atoms with van der Waals surface area (Å²) in [6.45, 7) is 0.415. The van der Waals surface area contributed by atoms with Gasteiger partial charge in [0.15, 0.2) is 0 Å². The topological polar surface area (TPSA) is 57.2 Å². The quantitative estimate of drug-likeness (QED) is 0.753. The van der Waals surface area contributed by atoms with Gasteiger partial charge in [0.05, 0.1) is 0 Å². The first-order chi connectivity index (χ1) is 12.8. The summed E-state index contributed by atoms with van der Waals surface area (Å²) in [6, 6.07) is 19.9. The molecule has 0 bridgehead atoms. The number of ether oxygens (including phenoxy) is 4. The molecule has 2 saturated heterocycles. The van der Waals surface area contributed by atoms with E-state index in [4.69, 9.17) is 18.9 Å². The molecule has 4 rings (SSSR count). The zero-order valence-corrected chi connectivity index (χ0v) is 16.1. The van der Waals surface area contributed by atoms with Crippen LogP contribution in [0.1, 0.15) is 11.9 Å². The van der Waals surface area contributed by atoms with Gasteiger partial charge in [0, 0.05) is 0 Å². The van der Waals surface area contributed by atoms with Gasteiger partial charge in [-0.15, -0.1) is 0 Å². The van der Waals surface area contributed by atoms with E-state index in [0.29, 0.717) is 6.61 Å². The van der Waals surface area contributed by atoms with Crippen LogP contribution in [-0.2, 0) is 18.9 Å². The van der Waals surface area contributed by atoms with Crippen molar-refractivity contribution in [2.24, 2.45) is 0 Å². The molecule has 6 heteroatoms. The minimum atomic E-state index is -0.740. The van der Waals surface area contributed by atoms with Gasteiger partial charge in [-0.3, -0.25) is 0 Å². The minimum absolute atomic E-state index is 0.0291. The van der Waals surface area contributed by atoms with Crippen LogP contribution in [0, 0.1) is 0 Å². The van der Waals surface area contributed by atoms with Crippen LogP contribution in [0.4, 0.5) is 0 Å². The van der Waals surface area contributed by atoms with Crippen molar-refractivity contribution < 1.29 is 24.1 Å². The predicted octanol–water partition coefficient (Wildman–Crippen LogP) is 1.23. The Labute approximate surface area is 159 Å². The summed E-state index contributed by atoms with van der Waals surface area (Å²) >= 11 is -0.0291. The summed E-state index contributed by atoms with van der Waals surface area (Å²) < 4.78 is 25.0. The third-order valence-corrected chi connectivity index (χ3v) is 7.09. The fourth-order valence-corrected chi connectivity index (χ4v) is 5.60. The van der Waals surface area contributed by atoms with E-state index in [1.54, 1.807) is 7.11 Å². The van der Waals surface area contributed by atoms with Crippen LogP contribution in [-0.4, -0.2) is 63.2 Å². The number of rotatable bonds is 4. The van der Waals surface area contributed by atoms with Crippen molar-refractivity contribution in [2.75, 3.05) is 13.7 Å². The number of hydrogen-bond acceptors (Lipinski definition) is 5. The second kappa shape index (κ2) is 8.19. The van der Waals surface area contributed by atoms with Gasteiger partial charge in [0.2, 0.25) is 0 Å². The molecular weight excluding hydrogens is 399 g/mol. The molecule has 2 heterocycles. The van der Waals surface area contributed by atoms with E-state index in [0.717, 1.165) is 5.56 Å². The van der Waals surface area contributed by atoms with E-state index in [1.807, 2.05) is 48.5 Å². The number of hydrogen-bond donors (Lipinski definition) is 1. The van der Waals surface area contributed by atoms with Crippen molar-refractivity contribution in [1.82, 2.24) is 0 Å². The number of aliphatic hydroxyl groups excluding tert-OH is 1.